The molecule has 0 radical (unpaired) electrons. The first-order valence-corrected chi connectivity index (χ1v) is 7.84. The number of nitrogens with zero attached hydrogens (tertiary/aromatic N) is 1. The third-order valence-electron chi connectivity index (χ3n) is 3.83. The van der Waals surface area contributed by atoms with Crippen molar-refractivity contribution >= 4 is 29.9 Å². The van der Waals surface area contributed by atoms with Crippen molar-refractivity contribution in [3.05, 3.63) is 65.9 Å². The van der Waals surface area contributed by atoms with Crippen molar-refractivity contribution in [2.75, 3.05) is 6.54 Å². The fourth-order valence-corrected chi connectivity index (χ4v) is 2.59. The van der Waals surface area contributed by atoms with Gasteiger partial charge in [-0.05, 0) is 24.3 Å². The van der Waals surface area contributed by atoms with E-state index >= 15 is 0 Å². The molecule has 1 aliphatic rings. The Kier molecular flexibility index (Phi) is 4.71. The first-order valence-electron chi connectivity index (χ1n) is 7.84. The van der Waals surface area contributed by atoms with Gasteiger partial charge in [0, 0.05) is 12.1 Å². The van der Waals surface area contributed by atoms with Gasteiger partial charge in [0.15, 0.2) is 0 Å². The third-order valence-corrected chi connectivity index (χ3v) is 3.83. The van der Waals surface area contributed by atoms with Crippen molar-refractivity contribution in [1.29, 1.82) is 0 Å². The predicted molar refractivity (Wildman–Crippen MR) is 94.5 cm³/mol. The van der Waals surface area contributed by atoms with Crippen LogP contribution in [-0.4, -0.2) is 40.4 Å². The summed E-state index contributed by atoms with van der Waals surface area (Å²) >= 11 is 0. The number of imide groups is 2. The minimum absolute atomic E-state index is 0.0509. The third kappa shape index (κ3) is 3.40. The number of carbonyl (C=O) groups excluding carboxylic acids is 3. The number of carboxylic acids is 1. The number of barbiturate groups is 1. The number of amides is 4. The van der Waals surface area contributed by atoms with Crippen LogP contribution in [0.3, 0.4) is 0 Å². The number of carboxylic acid groups (broad SMARTS) is 1. The Labute approximate surface area is 153 Å². The van der Waals surface area contributed by atoms with Crippen molar-refractivity contribution in [2.24, 2.45) is 0 Å². The molecule has 27 heavy (non-hydrogen) atoms. The number of hydrogen-bond donors (Lipinski definition) is 2. The van der Waals surface area contributed by atoms with Crippen LogP contribution in [0.4, 0.5) is 4.79 Å². The summed E-state index contributed by atoms with van der Waals surface area (Å²) in [6.45, 7) is 3.42. The van der Waals surface area contributed by atoms with Crippen LogP contribution in [0.15, 0.2) is 59.0 Å². The molecule has 0 aliphatic carbocycles. The van der Waals surface area contributed by atoms with Crippen molar-refractivity contribution in [2.45, 2.75) is 0 Å². The number of carbonyl (C=O) groups is 4. The normalized spacial score (nSPS) is 15.8. The maximum absolute atomic E-state index is 12.4. The Balaban J connectivity index is 1.96. The standard InChI is InChI=1S/C19H14N2O6/c1-2-9-21-17(23)14(16(22)20-19(21)26)10-11-7-8-15(27-11)12-5-3-4-6-13(12)18(24)25/h2-8,10H,1,9H2,(H,24,25)(H,20,22,26)/b14-10-. The number of hydrogen-bond acceptors (Lipinski definition) is 5. The van der Waals surface area contributed by atoms with Gasteiger partial charge in [-0.15, -0.1) is 6.58 Å². The number of furan rings is 1. The number of benzene rings is 1. The van der Waals surface area contributed by atoms with Gasteiger partial charge in [-0.3, -0.25) is 19.8 Å². The molecular weight excluding hydrogens is 352 g/mol. The van der Waals surface area contributed by atoms with E-state index in [0.717, 1.165) is 4.90 Å². The summed E-state index contributed by atoms with van der Waals surface area (Å²) in [5.41, 5.74) is 0.140. The lowest BCUT2D eigenvalue weighted by molar-refractivity contribution is -0.129. The number of aromatic carboxylic acids is 1. The molecular formula is C19H14N2O6. The molecule has 2 N–H and O–H groups in total. The Morgan fingerprint density at radius 3 is 2.63 bits per heavy atom. The van der Waals surface area contributed by atoms with Crippen molar-refractivity contribution < 1.29 is 28.7 Å². The summed E-state index contributed by atoms with van der Waals surface area (Å²) < 4.78 is 5.59. The molecule has 2 aromatic rings. The Morgan fingerprint density at radius 2 is 1.93 bits per heavy atom. The average Bonchev–Trinajstić information content (AvgIpc) is 3.10. The van der Waals surface area contributed by atoms with Crippen LogP contribution in [0, 0.1) is 0 Å². The molecule has 8 nitrogen and oxygen atoms in total. The lowest BCUT2D eigenvalue weighted by Gasteiger charge is -2.24. The average molecular weight is 366 g/mol. The van der Waals surface area contributed by atoms with Gasteiger partial charge < -0.3 is 9.52 Å². The molecule has 136 valence electrons. The predicted octanol–water partition coefficient (Wildman–Crippen LogP) is 2.29. The van der Waals surface area contributed by atoms with E-state index in [2.05, 4.69) is 11.9 Å². The minimum atomic E-state index is -1.11. The molecule has 1 fully saturated rings. The van der Waals surface area contributed by atoms with Gasteiger partial charge in [-0.25, -0.2) is 9.59 Å². The van der Waals surface area contributed by atoms with Gasteiger partial charge in [0.05, 0.1) is 5.56 Å². The van der Waals surface area contributed by atoms with E-state index in [1.54, 1.807) is 18.2 Å². The lowest BCUT2D eigenvalue weighted by Crippen LogP contribution is -2.54. The van der Waals surface area contributed by atoms with Gasteiger partial charge in [0.2, 0.25) is 0 Å². The molecule has 1 saturated heterocycles. The van der Waals surface area contributed by atoms with E-state index in [9.17, 15) is 24.3 Å². The fraction of sp³-hybridized carbons (Fsp3) is 0.0526. The number of rotatable bonds is 5. The van der Waals surface area contributed by atoms with Crippen LogP contribution < -0.4 is 5.32 Å². The molecule has 2 heterocycles. The van der Waals surface area contributed by atoms with Crippen LogP contribution in [-0.2, 0) is 9.59 Å². The van der Waals surface area contributed by atoms with Crippen molar-refractivity contribution in [3.63, 3.8) is 0 Å². The van der Waals surface area contributed by atoms with Crippen LogP contribution in [0.5, 0.6) is 0 Å². The Hall–Kier alpha value is -3.94. The molecule has 1 aromatic carbocycles. The molecule has 1 aromatic heterocycles. The zero-order valence-corrected chi connectivity index (χ0v) is 14.0. The second-order valence-electron chi connectivity index (χ2n) is 5.57. The SMILES string of the molecule is C=CCN1C(=O)NC(=O)/C(=C/c2ccc(-c3ccccc3C(=O)O)o2)C1=O. The van der Waals surface area contributed by atoms with E-state index in [0.29, 0.717) is 5.56 Å². The molecule has 0 atom stereocenters. The highest BCUT2D eigenvalue weighted by molar-refractivity contribution is 6.30. The monoisotopic (exact) mass is 366 g/mol. The van der Waals surface area contributed by atoms with Crippen molar-refractivity contribution in [3.8, 4) is 11.3 Å². The maximum Gasteiger partial charge on any atom is 0.336 e. The largest absolute Gasteiger partial charge is 0.478 e. The molecule has 1 aliphatic heterocycles. The van der Waals surface area contributed by atoms with Crippen LogP contribution in [0.25, 0.3) is 17.4 Å². The smallest absolute Gasteiger partial charge is 0.336 e. The molecule has 0 saturated carbocycles. The summed E-state index contributed by atoms with van der Waals surface area (Å²) in [6.07, 6.45) is 2.56. The highest BCUT2D eigenvalue weighted by atomic mass is 16.4. The zero-order valence-electron chi connectivity index (χ0n) is 14.0. The van der Waals surface area contributed by atoms with Gasteiger partial charge in [0.1, 0.15) is 17.1 Å². The summed E-state index contributed by atoms with van der Waals surface area (Å²) in [7, 11) is 0. The van der Waals surface area contributed by atoms with E-state index < -0.39 is 23.8 Å². The highest BCUT2D eigenvalue weighted by Gasteiger charge is 2.35. The number of urea groups is 1. The maximum atomic E-state index is 12.4. The second-order valence-corrected chi connectivity index (χ2v) is 5.57. The summed E-state index contributed by atoms with van der Waals surface area (Å²) in [4.78, 5) is 48.3. The minimum Gasteiger partial charge on any atom is -0.478 e. The zero-order chi connectivity index (χ0) is 19.6. The van der Waals surface area contributed by atoms with Crippen LogP contribution in [0.1, 0.15) is 16.1 Å². The van der Waals surface area contributed by atoms with E-state index in [4.69, 9.17) is 4.42 Å². The summed E-state index contributed by atoms with van der Waals surface area (Å²) in [5.74, 6) is -2.29. The molecule has 0 bridgehead atoms. The molecule has 0 spiro atoms. The van der Waals surface area contributed by atoms with E-state index in [-0.39, 0.29) is 29.2 Å². The quantitative estimate of drug-likeness (QED) is 0.476. The Bertz CT molecular complexity index is 1000. The van der Waals surface area contributed by atoms with Gasteiger partial charge in [-0.1, -0.05) is 24.3 Å². The summed E-state index contributed by atoms with van der Waals surface area (Å²) in [5, 5.41) is 11.3. The van der Waals surface area contributed by atoms with Gasteiger partial charge >= 0.3 is 12.0 Å². The van der Waals surface area contributed by atoms with Gasteiger partial charge in [0.25, 0.3) is 11.8 Å². The topological polar surface area (TPSA) is 117 Å². The summed E-state index contributed by atoms with van der Waals surface area (Å²) in [6, 6.07) is 8.49. The van der Waals surface area contributed by atoms with Gasteiger partial charge in [-0.2, -0.15) is 0 Å². The van der Waals surface area contributed by atoms with E-state index in [1.807, 2.05) is 0 Å². The van der Waals surface area contributed by atoms with Crippen molar-refractivity contribution in [1.82, 2.24) is 10.2 Å². The lowest BCUT2D eigenvalue weighted by atomic mass is 10.1. The highest BCUT2D eigenvalue weighted by Crippen LogP contribution is 2.27. The van der Waals surface area contributed by atoms with Crippen LogP contribution >= 0.6 is 0 Å². The van der Waals surface area contributed by atoms with E-state index in [1.165, 1.54) is 30.4 Å². The first kappa shape index (κ1) is 17.9. The second kappa shape index (κ2) is 7.12. The first-order chi connectivity index (χ1) is 12.9. The fourth-order valence-electron chi connectivity index (χ4n) is 2.59. The number of nitrogens with one attached hydrogen (secondary N) is 1. The molecule has 4 amide bonds. The molecule has 8 heteroatoms. The van der Waals surface area contributed by atoms with Crippen LogP contribution in [0.2, 0.25) is 0 Å². The molecule has 0 unspecified atom stereocenters. The Morgan fingerprint density at radius 1 is 1.19 bits per heavy atom. The molecule has 3 rings (SSSR count).